The summed E-state index contributed by atoms with van der Waals surface area (Å²) in [5.41, 5.74) is 4.43. The van der Waals surface area contributed by atoms with Gasteiger partial charge in [-0.2, -0.15) is 0 Å². The highest BCUT2D eigenvalue weighted by atomic mass is 19.1. The molecule has 0 aliphatic carbocycles. The topological polar surface area (TPSA) is 46.6 Å². The molecule has 4 nitrogen and oxygen atoms in total. The Kier molecular flexibility index (Phi) is 3.87. The molecule has 0 radical (unpaired) electrons. The van der Waals surface area contributed by atoms with Crippen molar-refractivity contribution < 1.29 is 18.7 Å². The normalized spacial score (nSPS) is 19.7. The molecule has 2 heterocycles. The van der Waals surface area contributed by atoms with E-state index in [0.717, 1.165) is 16.8 Å². The quantitative estimate of drug-likeness (QED) is 0.774. The number of hydrogen-bond donors (Lipinski definition) is 0. The molecule has 0 aromatic heterocycles. The number of amides is 1. The molecule has 4 rings (SSSR count). The summed E-state index contributed by atoms with van der Waals surface area (Å²) < 4.78 is 18.9. The van der Waals surface area contributed by atoms with E-state index in [0.29, 0.717) is 16.8 Å². The molecule has 2 aliphatic heterocycles. The van der Waals surface area contributed by atoms with Crippen LogP contribution in [0.15, 0.2) is 53.7 Å². The van der Waals surface area contributed by atoms with Crippen LogP contribution in [0.3, 0.4) is 0 Å². The zero-order valence-corrected chi connectivity index (χ0v) is 14.6. The van der Waals surface area contributed by atoms with Gasteiger partial charge in [-0.15, -0.1) is 0 Å². The van der Waals surface area contributed by atoms with E-state index < -0.39 is 11.9 Å². The van der Waals surface area contributed by atoms with Gasteiger partial charge in [-0.25, -0.2) is 9.18 Å². The fraction of sp³-hybridized carbons (Fsp3) is 0.238. The summed E-state index contributed by atoms with van der Waals surface area (Å²) in [4.78, 5) is 26.9. The van der Waals surface area contributed by atoms with Crippen LogP contribution in [0.1, 0.15) is 29.0 Å². The van der Waals surface area contributed by atoms with E-state index in [-0.39, 0.29) is 24.8 Å². The zero-order valence-electron chi connectivity index (χ0n) is 14.6. The Balaban J connectivity index is 1.85. The number of rotatable bonds is 2. The highest BCUT2D eigenvalue weighted by molar-refractivity contribution is 6.06. The van der Waals surface area contributed by atoms with E-state index in [9.17, 15) is 14.0 Å². The molecule has 5 heteroatoms. The highest BCUT2D eigenvalue weighted by Crippen LogP contribution is 2.42. The Morgan fingerprint density at radius 2 is 1.81 bits per heavy atom. The second kappa shape index (κ2) is 6.09. The molecule has 1 unspecified atom stereocenters. The maximum absolute atomic E-state index is 13.7. The van der Waals surface area contributed by atoms with Gasteiger partial charge in [0.2, 0.25) is 5.91 Å². The van der Waals surface area contributed by atoms with Crippen LogP contribution in [0.2, 0.25) is 0 Å². The molecule has 0 bridgehead atoms. The minimum atomic E-state index is -0.481. The first-order chi connectivity index (χ1) is 12.4. The lowest BCUT2D eigenvalue weighted by Gasteiger charge is -2.32. The fourth-order valence-corrected chi connectivity index (χ4v) is 3.84. The van der Waals surface area contributed by atoms with Crippen molar-refractivity contribution in [2.24, 2.45) is 0 Å². The van der Waals surface area contributed by atoms with Crippen molar-refractivity contribution in [3.63, 3.8) is 0 Å². The standard InChI is InChI=1S/C21H18FNO3/c1-12-6-13(2)8-16(7-12)23-18-11-26-21(25)20(18)17(10-19(23)24)14-4-3-5-15(22)9-14/h3-9,17H,10-11H2,1-2H3. The van der Waals surface area contributed by atoms with E-state index in [1.165, 1.54) is 12.1 Å². The third kappa shape index (κ3) is 2.69. The van der Waals surface area contributed by atoms with E-state index in [1.807, 2.05) is 32.0 Å². The van der Waals surface area contributed by atoms with Crippen LogP contribution in [-0.4, -0.2) is 18.5 Å². The van der Waals surface area contributed by atoms with Crippen LogP contribution < -0.4 is 4.90 Å². The smallest absolute Gasteiger partial charge is 0.336 e. The molecule has 0 saturated heterocycles. The van der Waals surface area contributed by atoms with Crippen LogP contribution >= 0.6 is 0 Å². The minimum Gasteiger partial charge on any atom is -0.456 e. The van der Waals surface area contributed by atoms with Crippen LogP contribution in [-0.2, 0) is 14.3 Å². The second-order valence-electron chi connectivity index (χ2n) is 6.82. The van der Waals surface area contributed by atoms with Crippen molar-refractivity contribution in [2.45, 2.75) is 26.2 Å². The summed E-state index contributed by atoms with van der Waals surface area (Å²) in [5, 5.41) is 0. The number of benzene rings is 2. The van der Waals surface area contributed by atoms with Crippen LogP contribution in [0.5, 0.6) is 0 Å². The molecule has 2 aromatic carbocycles. The lowest BCUT2D eigenvalue weighted by atomic mass is 9.84. The van der Waals surface area contributed by atoms with Crippen molar-refractivity contribution in [3.05, 3.63) is 76.2 Å². The first-order valence-corrected chi connectivity index (χ1v) is 8.51. The third-order valence-corrected chi connectivity index (χ3v) is 4.83. The predicted octanol–water partition coefficient (Wildman–Crippen LogP) is 3.77. The average molecular weight is 351 g/mol. The van der Waals surface area contributed by atoms with Gasteiger partial charge in [0.25, 0.3) is 0 Å². The molecule has 132 valence electrons. The number of esters is 1. The van der Waals surface area contributed by atoms with Crippen LogP contribution in [0.4, 0.5) is 10.1 Å². The fourth-order valence-electron chi connectivity index (χ4n) is 3.84. The van der Waals surface area contributed by atoms with Gasteiger partial charge < -0.3 is 4.74 Å². The lowest BCUT2D eigenvalue weighted by Crippen LogP contribution is -2.37. The summed E-state index contributed by atoms with van der Waals surface area (Å²) in [7, 11) is 0. The van der Waals surface area contributed by atoms with Gasteiger partial charge in [0.05, 0.1) is 11.3 Å². The summed E-state index contributed by atoms with van der Waals surface area (Å²) in [6.45, 7) is 3.98. The molecular weight excluding hydrogens is 333 g/mol. The monoisotopic (exact) mass is 351 g/mol. The number of hydrogen-bond acceptors (Lipinski definition) is 3. The molecule has 1 atom stereocenters. The van der Waals surface area contributed by atoms with Crippen LogP contribution in [0.25, 0.3) is 0 Å². The molecule has 2 aromatic rings. The third-order valence-electron chi connectivity index (χ3n) is 4.83. The SMILES string of the molecule is Cc1cc(C)cc(N2C(=O)CC(c3cccc(F)c3)C3=C2COC3=O)c1. The summed E-state index contributed by atoms with van der Waals surface area (Å²) in [6, 6.07) is 11.9. The van der Waals surface area contributed by atoms with Gasteiger partial charge in [0, 0.05) is 18.0 Å². The largest absolute Gasteiger partial charge is 0.456 e. The number of ether oxygens (including phenoxy) is 1. The number of anilines is 1. The van der Waals surface area contributed by atoms with Crippen LogP contribution in [0, 0.1) is 19.7 Å². The highest BCUT2D eigenvalue weighted by Gasteiger charge is 2.43. The summed E-state index contributed by atoms with van der Waals surface area (Å²) in [6.07, 6.45) is 0.102. The number of halogens is 1. The Labute approximate surface area is 150 Å². The van der Waals surface area contributed by atoms with Crippen molar-refractivity contribution in [1.82, 2.24) is 0 Å². The van der Waals surface area contributed by atoms with E-state index in [1.54, 1.807) is 17.0 Å². The predicted molar refractivity (Wildman–Crippen MR) is 95.1 cm³/mol. The van der Waals surface area contributed by atoms with Gasteiger partial charge in [0.15, 0.2) is 0 Å². The average Bonchev–Trinajstić information content (AvgIpc) is 2.95. The van der Waals surface area contributed by atoms with Crippen molar-refractivity contribution in [3.8, 4) is 0 Å². The van der Waals surface area contributed by atoms with Gasteiger partial charge >= 0.3 is 5.97 Å². The molecule has 1 amide bonds. The summed E-state index contributed by atoms with van der Waals surface area (Å²) >= 11 is 0. The number of nitrogens with zero attached hydrogens (tertiary/aromatic N) is 1. The molecule has 0 fully saturated rings. The molecule has 0 saturated carbocycles. The summed E-state index contributed by atoms with van der Waals surface area (Å²) in [5.74, 6) is -1.43. The lowest BCUT2D eigenvalue weighted by molar-refractivity contribution is -0.136. The molecule has 0 spiro atoms. The van der Waals surface area contributed by atoms with E-state index in [2.05, 4.69) is 0 Å². The van der Waals surface area contributed by atoms with Crippen molar-refractivity contribution >= 4 is 17.6 Å². The number of carbonyl (C=O) groups excluding carboxylic acids is 2. The van der Waals surface area contributed by atoms with Gasteiger partial charge in [0.1, 0.15) is 12.4 Å². The molecular formula is C21H18FNO3. The zero-order chi connectivity index (χ0) is 18.4. The maximum Gasteiger partial charge on any atom is 0.336 e. The van der Waals surface area contributed by atoms with Crippen molar-refractivity contribution in [1.29, 1.82) is 0 Å². The Morgan fingerprint density at radius 1 is 1.08 bits per heavy atom. The molecule has 26 heavy (non-hydrogen) atoms. The van der Waals surface area contributed by atoms with Gasteiger partial charge in [-0.1, -0.05) is 18.2 Å². The Bertz CT molecular complexity index is 943. The maximum atomic E-state index is 13.7. The van der Waals surface area contributed by atoms with Gasteiger partial charge in [-0.05, 0) is 54.8 Å². The Hall–Kier alpha value is -2.95. The first-order valence-electron chi connectivity index (χ1n) is 8.51. The second-order valence-corrected chi connectivity index (χ2v) is 6.82. The molecule has 0 N–H and O–H groups in total. The Morgan fingerprint density at radius 3 is 2.50 bits per heavy atom. The van der Waals surface area contributed by atoms with E-state index >= 15 is 0 Å². The number of aryl methyl sites for hydroxylation is 2. The van der Waals surface area contributed by atoms with E-state index in [4.69, 9.17) is 4.74 Å². The van der Waals surface area contributed by atoms with Crippen molar-refractivity contribution in [2.75, 3.05) is 11.5 Å². The number of carbonyl (C=O) groups is 2. The number of cyclic esters (lactones) is 1. The molecule has 2 aliphatic rings. The van der Waals surface area contributed by atoms with Gasteiger partial charge in [-0.3, -0.25) is 9.69 Å². The minimum absolute atomic E-state index is 0.0543. The first kappa shape index (κ1) is 16.5.